The van der Waals surface area contributed by atoms with Gasteiger partial charge in [-0.1, -0.05) is 0 Å². The van der Waals surface area contributed by atoms with E-state index in [9.17, 15) is 9.18 Å². The van der Waals surface area contributed by atoms with Crippen LogP contribution in [0.25, 0.3) is 0 Å². The summed E-state index contributed by atoms with van der Waals surface area (Å²) in [5.41, 5.74) is 1.31. The number of carbonyl (C=O) groups excluding carboxylic acids is 1. The SMILES string of the molecule is Cc1cncc(C(=O)c2sccc2F)c1. The smallest absolute Gasteiger partial charge is 0.207 e. The van der Waals surface area contributed by atoms with Crippen LogP contribution in [0.2, 0.25) is 0 Å². The molecule has 0 N–H and O–H groups in total. The predicted molar refractivity (Wildman–Crippen MR) is 56.7 cm³/mol. The minimum atomic E-state index is -0.466. The van der Waals surface area contributed by atoms with Crippen LogP contribution in [0.3, 0.4) is 0 Å². The van der Waals surface area contributed by atoms with Crippen LogP contribution >= 0.6 is 11.3 Å². The highest BCUT2D eigenvalue weighted by molar-refractivity contribution is 7.12. The summed E-state index contributed by atoms with van der Waals surface area (Å²) >= 11 is 1.11. The average molecular weight is 221 g/mol. The number of ketones is 1. The maximum atomic E-state index is 13.2. The van der Waals surface area contributed by atoms with E-state index in [2.05, 4.69) is 4.98 Å². The normalized spacial score (nSPS) is 10.3. The number of carbonyl (C=O) groups is 1. The fraction of sp³-hybridized carbons (Fsp3) is 0.0909. The first-order chi connectivity index (χ1) is 7.18. The van der Waals surface area contributed by atoms with Crippen LogP contribution in [0, 0.1) is 12.7 Å². The Labute approximate surface area is 90.4 Å². The largest absolute Gasteiger partial charge is 0.288 e. The molecule has 2 nitrogen and oxygen atoms in total. The molecule has 0 bridgehead atoms. The van der Waals surface area contributed by atoms with Crippen molar-refractivity contribution in [1.29, 1.82) is 0 Å². The summed E-state index contributed by atoms with van der Waals surface area (Å²) < 4.78 is 13.2. The van der Waals surface area contributed by atoms with Gasteiger partial charge in [-0.2, -0.15) is 0 Å². The van der Waals surface area contributed by atoms with Crippen molar-refractivity contribution >= 4 is 17.1 Å². The predicted octanol–water partition coefficient (Wildman–Crippen LogP) is 2.82. The van der Waals surface area contributed by atoms with Crippen molar-refractivity contribution in [2.24, 2.45) is 0 Å². The fourth-order valence-electron chi connectivity index (χ4n) is 1.27. The van der Waals surface area contributed by atoms with E-state index in [0.717, 1.165) is 16.9 Å². The molecule has 0 aliphatic carbocycles. The number of nitrogens with zero attached hydrogens (tertiary/aromatic N) is 1. The van der Waals surface area contributed by atoms with Crippen molar-refractivity contribution in [2.45, 2.75) is 6.92 Å². The summed E-state index contributed by atoms with van der Waals surface area (Å²) in [6.45, 7) is 1.84. The zero-order valence-electron chi connectivity index (χ0n) is 8.03. The molecule has 0 spiro atoms. The van der Waals surface area contributed by atoms with Crippen LogP contribution in [0.5, 0.6) is 0 Å². The van der Waals surface area contributed by atoms with Gasteiger partial charge in [0.25, 0.3) is 0 Å². The molecule has 0 aliphatic rings. The molecule has 2 heterocycles. The lowest BCUT2D eigenvalue weighted by atomic mass is 10.1. The molecule has 2 aromatic heterocycles. The molecular formula is C11H8FNOS. The Balaban J connectivity index is 2.41. The minimum Gasteiger partial charge on any atom is -0.288 e. The summed E-state index contributed by atoms with van der Waals surface area (Å²) in [4.78, 5) is 15.9. The zero-order chi connectivity index (χ0) is 10.8. The first-order valence-corrected chi connectivity index (χ1v) is 5.26. The van der Waals surface area contributed by atoms with Gasteiger partial charge in [-0.3, -0.25) is 9.78 Å². The lowest BCUT2D eigenvalue weighted by Crippen LogP contribution is -2.01. The monoisotopic (exact) mass is 221 g/mol. The average Bonchev–Trinajstić information content (AvgIpc) is 2.63. The maximum absolute atomic E-state index is 13.2. The van der Waals surface area contributed by atoms with Gasteiger partial charge in [-0.15, -0.1) is 11.3 Å². The van der Waals surface area contributed by atoms with Gasteiger partial charge in [0.15, 0.2) is 0 Å². The molecule has 4 heteroatoms. The molecule has 0 saturated heterocycles. The lowest BCUT2D eigenvalue weighted by molar-refractivity contribution is 0.103. The molecule has 0 radical (unpaired) electrons. The second-order valence-corrected chi connectivity index (χ2v) is 4.09. The molecule has 2 aromatic rings. The van der Waals surface area contributed by atoms with Crippen molar-refractivity contribution in [3.05, 3.63) is 51.7 Å². The van der Waals surface area contributed by atoms with Gasteiger partial charge in [-0.05, 0) is 30.0 Å². The third-order valence-corrected chi connectivity index (χ3v) is 2.85. The highest BCUT2D eigenvalue weighted by atomic mass is 32.1. The van der Waals surface area contributed by atoms with E-state index in [0.29, 0.717) is 5.56 Å². The van der Waals surface area contributed by atoms with Crippen molar-refractivity contribution in [3.8, 4) is 0 Å². The van der Waals surface area contributed by atoms with Crippen LogP contribution in [0.1, 0.15) is 20.8 Å². The van der Waals surface area contributed by atoms with E-state index in [1.54, 1.807) is 17.6 Å². The van der Waals surface area contributed by atoms with Crippen molar-refractivity contribution in [2.75, 3.05) is 0 Å². The molecule has 0 aliphatic heterocycles. The highest BCUT2D eigenvalue weighted by Crippen LogP contribution is 2.19. The number of aryl methyl sites for hydroxylation is 1. The lowest BCUT2D eigenvalue weighted by Gasteiger charge is -1.98. The number of hydrogen-bond donors (Lipinski definition) is 0. The summed E-state index contributed by atoms with van der Waals surface area (Å²) in [6.07, 6.45) is 3.11. The third-order valence-electron chi connectivity index (χ3n) is 1.96. The van der Waals surface area contributed by atoms with E-state index in [-0.39, 0.29) is 10.7 Å². The minimum absolute atomic E-state index is 0.141. The molecule has 0 saturated carbocycles. The second-order valence-electron chi connectivity index (χ2n) is 3.18. The van der Waals surface area contributed by atoms with Gasteiger partial charge in [-0.25, -0.2) is 4.39 Å². The summed E-state index contributed by atoms with van der Waals surface area (Å²) in [6, 6.07) is 3.00. The number of thiophene rings is 1. The van der Waals surface area contributed by atoms with Crippen molar-refractivity contribution in [1.82, 2.24) is 4.98 Å². The molecule has 0 atom stereocenters. The summed E-state index contributed by atoms with van der Waals surface area (Å²) in [5, 5.41) is 1.56. The van der Waals surface area contributed by atoms with Gasteiger partial charge in [0.2, 0.25) is 5.78 Å². The Morgan fingerprint density at radius 1 is 1.47 bits per heavy atom. The van der Waals surface area contributed by atoms with Crippen LogP contribution in [0.15, 0.2) is 29.9 Å². The van der Waals surface area contributed by atoms with E-state index in [1.165, 1.54) is 12.3 Å². The Bertz CT molecular complexity index is 507. The van der Waals surface area contributed by atoms with Crippen molar-refractivity contribution < 1.29 is 9.18 Å². The topological polar surface area (TPSA) is 30.0 Å². The fourth-order valence-corrected chi connectivity index (χ4v) is 2.00. The first kappa shape index (κ1) is 9.98. The second kappa shape index (κ2) is 3.90. The van der Waals surface area contributed by atoms with Gasteiger partial charge in [0, 0.05) is 18.0 Å². The van der Waals surface area contributed by atoms with Crippen LogP contribution < -0.4 is 0 Å². The first-order valence-electron chi connectivity index (χ1n) is 4.38. The molecule has 0 unspecified atom stereocenters. The number of aromatic nitrogens is 1. The number of hydrogen-bond acceptors (Lipinski definition) is 3. The Morgan fingerprint density at radius 3 is 2.87 bits per heavy atom. The Hall–Kier alpha value is -1.55. The quantitative estimate of drug-likeness (QED) is 0.730. The summed E-state index contributed by atoms with van der Waals surface area (Å²) in [5.74, 6) is -0.773. The Morgan fingerprint density at radius 2 is 2.27 bits per heavy atom. The number of halogens is 1. The van der Waals surface area contributed by atoms with Gasteiger partial charge in [0.1, 0.15) is 10.7 Å². The third kappa shape index (κ3) is 1.94. The zero-order valence-corrected chi connectivity index (χ0v) is 8.84. The molecule has 0 aromatic carbocycles. The van der Waals surface area contributed by atoms with Gasteiger partial charge >= 0.3 is 0 Å². The van der Waals surface area contributed by atoms with E-state index in [4.69, 9.17) is 0 Å². The highest BCUT2D eigenvalue weighted by Gasteiger charge is 2.15. The number of pyridine rings is 1. The van der Waals surface area contributed by atoms with Crippen LogP contribution in [-0.2, 0) is 0 Å². The van der Waals surface area contributed by atoms with Gasteiger partial charge < -0.3 is 0 Å². The molecular weight excluding hydrogens is 213 g/mol. The van der Waals surface area contributed by atoms with E-state index in [1.807, 2.05) is 6.92 Å². The summed E-state index contributed by atoms with van der Waals surface area (Å²) in [7, 11) is 0. The number of rotatable bonds is 2. The van der Waals surface area contributed by atoms with E-state index < -0.39 is 5.82 Å². The maximum Gasteiger partial charge on any atom is 0.207 e. The van der Waals surface area contributed by atoms with E-state index >= 15 is 0 Å². The van der Waals surface area contributed by atoms with Crippen molar-refractivity contribution in [3.63, 3.8) is 0 Å². The van der Waals surface area contributed by atoms with Crippen LogP contribution in [0.4, 0.5) is 4.39 Å². The Kier molecular flexibility index (Phi) is 2.60. The molecule has 0 fully saturated rings. The standard InChI is InChI=1S/C11H8FNOS/c1-7-4-8(6-13-5-7)10(14)11-9(12)2-3-15-11/h2-6H,1H3. The molecule has 15 heavy (non-hydrogen) atoms. The molecule has 0 amide bonds. The molecule has 2 rings (SSSR count). The van der Waals surface area contributed by atoms with Crippen LogP contribution in [-0.4, -0.2) is 10.8 Å². The van der Waals surface area contributed by atoms with Gasteiger partial charge in [0.05, 0.1) is 0 Å². The molecule has 76 valence electrons.